The van der Waals surface area contributed by atoms with Crippen LogP contribution in [0.4, 0.5) is 5.13 Å². The molecule has 3 aliphatic rings. The summed E-state index contributed by atoms with van der Waals surface area (Å²) in [4.78, 5) is 50.3. The molecule has 0 radical (unpaired) electrons. The van der Waals surface area contributed by atoms with Gasteiger partial charge in [0, 0.05) is 62.9 Å². The molecule has 1 aromatic carbocycles. The van der Waals surface area contributed by atoms with E-state index < -0.39 is 24.2 Å². The van der Waals surface area contributed by atoms with Gasteiger partial charge in [-0.25, -0.2) is 4.98 Å². The number of nitrogens with one attached hydrogen (secondary N) is 1. The van der Waals surface area contributed by atoms with Crippen LogP contribution in [0.25, 0.3) is 11.3 Å². The van der Waals surface area contributed by atoms with Crippen molar-refractivity contribution in [3.8, 4) is 11.3 Å². The van der Waals surface area contributed by atoms with Gasteiger partial charge < -0.3 is 30.3 Å². The Balaban J connectivity index is 1.21. The van der Waals surface area contributed by atoms with Crippen molar-refractivity contribution in [3.63, 3.8) is 0 Å². The average Bonchev–Trinajstić information content (AvgIpc) is 3.69. The molecule has 12 heteroatoms. The molecule has 0 saturated carbocycles. The first kappa shape index (κ1) is 29.6. The van der Waals surface area contributed by atoms with Gasteiger partial charge in [0.05, 0.1) is 18.3 Å². The van der Waals surface area contributed by atoms with Crippen molar-refractivity contribution < 1.29 is 23.9 Å². The first-order chi connectivity index (χ1) is 19.7. The van der Waals surface area contributed by atoms with E-state index in [0.717, 1.165) is 55.7 Å². The van der Waals surface area contributed by atoms with Crippen LogP contribution in [0.15, 0.2) is 29.6 Å². The highest BCUT2D eigenvalue weighted by Crippen LogP contribution is 2.29. The molecule has 4 atom stereocenters. The second-order valence-electron chi connectivity index (χ2n) is 11.4. The van der Waals surface area contributed by atoms with E-state index in [4.69, 9.17) is 20.2 Å². The zero-order chi connectivity index (χ0) is 29.1. The maximum absolute atomic E-state index is 13.5. The lowest BCUT2D eigenvalue weighted by Gasteiger charge is -2.34. The van der Waals surface area contributed by atoms with Crippen LogP contribution in [0.3, 0.4) is 0 Å². The summed E-state index contributed by atoms with van der Waals surface area (Å²) in [5.41, 5.74) is 8.41. The minimum Gasteiger partial charge on any atom is -0.383 e. The molecular weight excluding hydrogens is 544 g/mol. The Bertz CT molecular complexity index is 1230. The first-order valence-corrected chi connectivity index (χ1v) is 15.2. The van der Waals surface area contributed by atoms with E-state index in [0.29, 0.717) is 12.0 Å². The van der Waals surface area contributed by atoms with Crippen molar-refractivity contribution in [1.82, 2.24) is 20.1 Å². The summed E-state index contributed by atoms with van der Waals surface area (Å²) in [6.45, 7) is 9.70. The topological polar surface area (TPSA) is 130 Å². The number of aromatic nitrogens is 1. The molecule has 5 rings (SSSR count). The fourth-order valence-electron chi connectivity index (χ4n) is 5.77. The number of hydrogen-bond donors (Lipinski definition) is 2. The number of carbonyl (C=O) groups excluding carboxylic acids is 3. The average molecular weight is 585 g/mol. The van der Waals surface area contributed by atoms with E-state index in [2.05, 4.69) is 15.1 Å². The number of nitrogens with two attached hydrogens (primary N) is 1. The number of likely N-dealkylation sites (tertiary alicyclic amines) is 1. The van der Waals surface area contributed by atoms with Crippen LogP contribution in [0.2, 0.25) is 0 Å². The first-order valence-electron chi connectivity index (χ1n) is 14.3. The molecule has 0 spiro atoms. The normalized spacial score (nSPS) is 23.7. The maximum Gasteiger partial charge on any atom is 0.251 e. The second kappa shape index (κ2) is 13.0. The minimum absolute atomic E-state index is 0.0354. The fraction of sp³-hybridized carbons (Fsp3) is 0.586. The van der Waals surface area contributed by atoms with Crippen LogP contribution in [-0.4, -0.2) is 116 Å². The monoisotopic (exact) mass is 584 g/mol. The summed E-state index contributed by atoms with van der Waals surface area (Å²) >= 11 is 1.62. The predicted molar refractivity (Wildman–Crippen MR) is 157 cm³/mol. The Labute approximate surface area is 245 Å². The van der Waals surface area contributed by atoms with Gasteiger partial charge in [-0.15, -0.1) is 11.3 Å². The summed E-state index contributed by atoms with van der Waals surface area (Å²) in [6, 6.07) is 5.41. The molecule has 3 fully saturated rings. The van der Waals surface area contributed by atoms with E-state index in [-0.39, 0.29) is 36.7 Å². The number of amides is 2. The molecule has 0 unspecified atom stereocenters. The lowest BCUT2D eigenvalue weighted by atomic mass is 10.0. The number of benzene rings is 1. The fourth-order valence-corrected chi connectivity index (χ4v) is 6.66. The molecule has 1 aromatic heterocycles. The van der Waals surface area contributed by atoms with E-state index in [1.807, 2.05) is 31.4 Å². The maximum atomic E-state index is 13.5. The quantitative estimate of drug-likeness (QED) is 0.424. The standard InChI is InChI=1S/C29H40N6O5S/c1-18(2)14-22(28(38)35-15-21(30)26-25(35)24(36)16-40-26)31-27(37)20-6-4-19(5-7-20)23-17-41-29(32-23)34-10-8-33(9-11-34)12-13-39-3/h4-7,17-18,21-22,25-26H,8-16,30H2,1-3H3,(H,31,37)/t21-,22+,25-,26-/m1/s1. The zero-order valence-corrected chi connectivity index (χ0v) is 24.8. The molecule has 41 heavy (non-hydrogen) atoms. The zero-order valence-electron chi connectivity index (χ0n) is 24.0. The highest BCUT2D eigenvalue weighted by molar-refractivity contribution is 7.14. The van der Waals surface area contributed by atoms with Gasteiger partial charge in [0.15, 0.2) is 10.9 Å². The summed E-state index contributed by atoms with van der Waals surface area (Å²) < 4.78 is 10.7. The number of hydrogen-bond acceptors (Lipinski definition) is 10. The van der Waals surface area contributed by atoms with E-state index in [1.54, 1.807) is 30.6 Å². The summed E-state index contributed by atoms with van der Waals surface area (Å²) in [7, 11) is 1.73. The molecule has 3 aliphatic heterocycles. The van der Waals surface area contributed by atoms with Gasteiger partial charge in [-0.2, -0.15) is 0 Å². The van der Waals surface area contributed by atoms with Gasteiger partial charge in [0.2, 0.25) is 5.91 Å². The molecule has 0 aliphatic carbocycles. The van der Waals surface area contributed by atoms with Crippen LogP contribution in [0, 0.1) is 5.92 Å². The second-order valence-corrected chi connectivity index (χ2v) is 12.2. The number of rotatable bonds is 10. The van der Waals surface area contributed by atoms with Gasteiger partial charge in [-0.1, -0.05) is 26.0 Å². The lowest BCUT2D eigenvalue weighted by molar-refractivity contribution is -0.138. The number of fused-ring (bicyclic) bond motifs is 1. The number of piperazine rings is 1. The van der Waals surface area contributed by atoms with Gasteiger partial charge in [-0.05, 0) is 24.5 Å². The third-order valence-corrected chi connectivity index (χ3v) is 8.91. The number of thiazole rings is 1. The number of ketones is 1. The van der Waals surface area contributed by atoms with Crippen LogP contribution >= 0.6 is 11.3 Å². The Morgan fingerprint density at radius 1 is 1.20 bits per heavy atom. The van der Waals surface area contributed by atoms with Crippen LogP contribution < -0.4 is 16.0 Å². The third-order valence-electron chi connectivity index (χ3n) is 8.01. The van der Waals surface area contributed by atoms with Crippen LogP contribution in [0.5, 0.6) is 0 Å². The third kappa shape index (κ3) is 6.62. The number of Topliss-reactive ketones (excluding diaryl/α,β-unsaturated/α-hetero) is 1. The SMILES string of the molecule is COCCN1CCN(c2nc(-c3ccc(C(=O)N[C@@H](CC(C)C)C(=O)N4C[C@@H](N)[C@H]5OCC(=O)[C@H]54)cc3)cs2)CC1. The van der Waals surface area contributed by atoms with Crippen molar-refractivity contribution in [2.24, 2.45) is 11.7 Å². The molecule has 2 aromatic rings. The van der Waals surface area contributed by atoms with E-state index >= 15 is 0 Å². The number of nitrogens with zero attached hydrogens (tertiary/aromatic N) is 4. The number of methoxy groups -OCH3 is 1. The molecule has 222 valence electrons. The Morgan fingerprint density at radius 2 is 1.93 bits per heavy atom. The largest absolute Gasteiger partial charge is 0.383 e. The van der Waals surface area contributed by atoms with Gasteiger partial charge in [0.1, 0.15) is 24.8 Å². The molecule has 0 bridgehead atoms. The number of carbonyl (C=O) groups is 3. The Kier molecular flexibility index (Phi) is 9.35. The van der Waals surface area contributed by atoms with Crippen molar-refractivity contribution in [1.29, 1.82) is 0 Å². The van der Waals surface area contributed by atoms with Crippen molar-refractivity contribution >= 4 is 34.1 Å². The molecule has 11 nitrogen and oxygen atoms in total. The van der Waals surface area contributed by atoms with Gasteiger partial charge in [0.25, 0.3) is 5.91 Å². The predicted octanol–water partition coefficient (Wildman–Crippen LogP) is 1.23. The Morgan fingerprint density at radius 3 is 2.61 bits per heavy atom. The molecular formula is C29H40N6O5S. The van der Waals surface area contributed by atoms with Crippen molar-refractivity contribution in [3.05, 3.63) is 35.2 Å². The summed E-state index contributed by atoms with van der Waals surface area (Å²) in [5.74, 6) is -0.618. The van der Waals surface area contributed by atoms with Gasteiger partial charge in [-0.3, -0.25) is 19.3 Å². The minimum atomic E-state index is -0.766. The smallest absolute Gasteiger partial charge is 0.251 e. The number of ether oxygens (including phenoxy) is 2. The molecule has 3 N–H and O–H groups in total. The number of anilines is 1. The van der Waals surface area contributed by atoms with E-state index in [9.17, 15) is 14.4 Å². The lowest BCUT2D eigenvalue weighted by Crippen LogP contribution is -2.52. The van der Waals surface area contributed by atoms with Gasteiger partial charge >= 0.3 is 0 Å². The highest BCUT2D eigenvalue weighted by Gasteiger charge is 2.52. The molecule has 4 heterocycles. The highest BCUT2D eigenvalue weighted by atomic mass is 32.1. The van der Waals surface area contributed by atoms with Crippen LogP contribution in [0.1, 0.15) is 30.6 Å². The summed E-state index contributed by atoms with van der Waals surface area (Å²) in [6.07, 6.45) is -0.0329. The van der Waals surface area contributed by atoms with Crippen molar-refractivity contribution in [2.45, 2.75) is 44.5 Å². The van der Waals surface area contributed by atoms with Crippen LogP contribution in [-0.2, 0) is 19.1 Å². The summed E-state index contributed by atoms with van der Waals surface area (Å²) in [5, 5.41) is 5.96. The van der Waals surface area contributed by atoms with E-state index in [1.165, 1.54) is 4.90 Å². The Hall–Kier alpha value is -2.90. The molecule has 2 amide bonds. The van der Waals surface area contributed by atoms with Crippen molar-refractivity contribution in [2.75, 3.05) is 64.5 Å². The molecule has 3 saturated heterocycles.